The Morgan fingerprint density at radius 3 is 2.35 bits per heavy atom. The molecule has 0 saturated carbocycles. The van der Waals surface area contributed by atoms with E-state index in [0.29, 0.717) is 39.2 Å². The second-order valence-electron chi connectivity index (χ2n) is 8.82. The number of Topliss-reactive ketones (excluding diaryl/α,β-unsaturated/α-hetero) is 1. The summed E-state index contributed by atoms with van der Waals surface area (Å²) in [6, 6.07) is 5.81. The standard InChI is InChI=1S/C24H17F6N3O5S2/c1-13(34)11-40(37,38)12-32-21(35)20(39-22(32)36)7-14-2-5-19-16(6-14)9-31-33(19)10-15-3-4-17(23(25,26)27)8-18(15)24(28,29)30/h2-9H,10-12H2,1H3/b20-7-. The van der Waals surface area contributed by atoms with E-state index >= 15 is 0 Å². The summed E-state index contributed by atoms with van der Waals surface area (Å²) in [5, 5.41) is 3.61. The zero-order valence-corrected chi connectivity index (χ0v) is 21.8. The number of nitrogens with zero attached hydrogens (tertiary/aromatic N) is 3. The number of imide groups is 1. The third kappa shape index (κ3) is 6.38. The van der Waals surface area contributed by atoms with Crippen LogP contribution in [0.4, 0.5) is 31.1 Å². The minimum atomic E-state index is -5.04. The number of carbonyl (C=O) groups is 3. The molecule has 212 valence electrons. The van der Waals surface area contributed by atoms with Crippen LogP contribution in [0, 0.1) is 0 Å². The molecule has 0 spiro atoms. The van der Waals surface area contributed by atoms with Crippen molar-refractivity contribution in [2.75, 3.05) is 11.6 Å². The molecule has 1 saturated heterocycles. The van der Waals surface area contributed by atoms with Gasteiger partial charge < -0.3 is 0 Å². The second kappa shape index (κ2) is 10.4. The fourth-order valence-corrected chi connectivity index (χ4v) is 6.21. The number of carbonyl (C=O) groups excluding carboxylic acids is 3. The van der Waals surface area contributed by atoms with Crippen LogP contribution in [0.15, 0.2) is 47.5 Å². The van der Waals surface area contributed by atoms with E-state index in [1.165, 1.54) is 35.2 Å². The van der Waals surface area contributed by atoms with Gasteiger partial charge in [0.2, 0.25) is 0 Å². The number of hydrogen-bond donors (Lipinski definition) is 0. The lowest BCUT2D eigenvalue weighted by molar-refractivity contribution is -0.143. The maximum absolute atomic E-state index is 13.5. The van der Waals surface area contributed by atoms with Crippen molar-refractivity contribution < 1.29 is 49.1 Å². The van der Waals surface area contributed by atoms with Crippen LogP contribution < -0.4 is 0 Å². The first kappa shape index (κ1) is 29.3. The van der Waals surface area contributed by atoms with Crippen LogP contribution in [0.25, 0.3) is 17.0 Å². The number of thioether (sulfide) groups is 1. The topological polar surface area (TPSA) is 106 Å². The summed E-state index contributed by atoms with van der Waals surface area (Å²) in [6.07, 6.45) is -7.37. The molecule has 0 N–H and O–H groups in total. The minimum absolute atomic E-state index is 0.0531. The van der Waals surface area contributed by atoms with Crippen LogP contribution in [0.2, 0.25) is 0 Å². The van der Waals surface area contributed by atoms with Gasteiger partial charge in [-0.3, -0.25) is 24.0 Å². The number of benzene rings is 2. The summed E-state index contributed by atoms with van der Waals surface area (Å²) >= 11 is 0.497. The third-order valence-electron chi connectivity index (χ3n) is 5.65. The smallest absolute Gasteiger partial charge is 0.299 e. The van der Waals surface area contributed by atoms with Gasteiger partial charge in [0, 0.05) is 5.39 Å². The van der Waals surface area contributed by atoms with Crippen LogP contribution in [0.3, 0.4) is 0 Å². The summed E-state index contributed by atoms with van der Waals surface area (Å²) in [5.74, 6) is -3.31. The summed E-state index contributed by atoms with van der Waals surface area (Å²) in [4.78, 5) is 36.4. The largest absolute Gasteiger partial charge is 0.416 e. The zero-order valence-electron chi connectivity index (χ0n) is 20.2. The van der Waals surface area contributed by atoms with Crippen LogP contribution in [0.1, 0.15) is 29.2 Å². The van der Waals surface area contributed by atoms with Gasteiger partial charge in [-0.05, 0) is 60.2 Å². The Balaban J connectivity index is 1.59. The van der Waals surface area contributed by atoms with Gasteiger partial charge >= 0.3 is 12.4 Å². The summed E-state index contributed by atoms with van der Waals surface area (Å²) < 4.78 is 105. The molecule has 16 heteroatoms. The molecule has 0 atom stereocenters. The quantitative estimate of drug-likeness (QED) is 0.272. The maximum Gasteiger partial charge on any atom is 0.416 e. The Bertz CT molecular complexity index is 1680. The van der Waals surface area contributed by atoms with Crippen molar-refractivity contribution in [3.05, 3.63) is 69.8 Å². The van der Waals surface area contributed by atoms with Crippen molar-refractivity contribution >= 4 is 55.5 Å². The molecule has 1 aliphatic heterocycles. The van der Waals surface area contributed by atoms with Gasteiger partial charge in [0.1, 0.15) is 17.4 Å². The van der Waals surface area contributed by atoms with Crippen molar-refractivity contribution in [1.82, 2.24) is 14.7 Å². The molecule has 0 unspecified atom stereocenters. The molecular formula is C24H17F6N3O5S2. The first-order chi connectivity index (χ1) is 18.4. The fourth-order valence-electron chi connectivity index (χ4n) is 3.95. The molecule has 1 fully saturated rings. The van der Waals surface area contributed by atoms with Crippen LogP contribution >= 0.6 is 11.8 Å². The predicted molar refractivity (Wildman–Crippen MR) is 132 cm³/mol. The molecule has 2 heterocycles. The van der Waals surface area contributed by atoms with Gasteiger partial charge in [0.15, 0.2) is 9.84 Å². The SMILES string of the molecule is CC(=O)CS(=O)(=O)CN1C(=O)S/C(=C\c2ccc3c(cnn3Cc3ccc(C(F)(F)F)cc3C(F)(F)F)c2)C1=O. The highest BCUT2D eigenvalue weighted by Gasteiger charge is 2.39. The van der Waals surface area contributed by atoms with E-state index in [1.54, 1.807) is 0 Å². The lowest BCUT2D eigenvalue weighted by atomic mass is 10.0. The number of fused-ring (bicyclic) bond motifs is 1. The number of hydrogen-bond acceptors (Lipinski definition) is 7. The average molecular weight is 606 g/mol. The van der Waals surface area contributed by atoms with E-state index in [4.69, 9.17) is 0 Å². The molecule has 8 nitrogen and oxygen atoms in total. The van der Waals surface area contributed by atoms with E-state index in [1.807, 2.05) is 0 Å². The fraction of sp³-hybridized carbons (Fsp3) is 0.250. The zero-order chi connectivity index (χ0) is 29.6. The first-order valence-corrected chi connectivity index (χ1v) is 13.8. The van der Waals surface area contributed by atoms with Gasteiger partial charge in [-0.2, -0.15) is 31.4 Å². The second-order valence-corrected chi connectivity index (χ2v) is 11.8. The molecule has 2 aromatic carbocycles. The Hall–Kier alpha value is -3.66. The molecule has 0 bridgehead atoms. The highest BCUT2D eigenvalue weighted by molar-refractivity contribution is 8.18. The molecular weight excluding hydrogens is 588 g/mol. The monoisotopic (exact) mass is 605 g/mol. The highest BCUT2D eigenvalue weighted by Crippen LogP contribution is 2.38. The predicted octanol–water partition coefficient (Wildman–Crippen LogP) is 5.12. The molecule has 0 aliphatic carbocycles. The van der Waals surface area contributed by atoms with Gasteiger partial charge in [-0.1, -0.05) is 12.1 Å². The molecule has 1 aliphatic rings. The Morgan fingerprint density at radius 2 is 1.73 bits per heavy atom. The lowest BCUT2D eigenvalue weighted by Crippen LogP contribution is -2.35. The maximum atomic E-state index is 13.5. The van der Waals surface area contributed by atoms with Gasteiger partial charge in [-0.25, -0.2) is 8.42 Å². The van der Waals surface area contributed by atoms with E-state index in [-0.39, 0.29) is 11.0 Å². The van der Waals surface area contributed by atoms with Crippen molar-refractivity contribution in [3.8, 4) is 0 Å². The number of rotatable bonds is 7. The summed E-state index contributed by atoms with van der Waals surface area (Å²) in [7, 11) is -4.04. The van der Waals surface area contributed by atoms with Crippen molar-refractivity contribution in [1.29, 1.82) is 0 Å². The Kier molecular flexibility index (Phi) is 7.62. The van der Waals surface area contributed by atoms with E-state index in [9.17, 15) is 49.1 Å². The molecule has 1 aromatic heterocycles. The molecule has 0 radical (unpaired) electrons. The first-order valence-electron chi connectivity index (χ1n) is 11.1. The number of sulfone groups is 1. The van der Waals surface area contributed by atoms with Crippen molar-refractivity contribution in [3.63, 3.8) is 0 Å². The summed E-state index contributed by atoms with van der Waals surface area (Å²) in [6.45, 7) is 0.575. The van der Waals surface area contributed by atoms with Crippen LogP contribution in [-0.4, -0.2) is 51.7 Å². The molecule has 4 rings (SSSR count). The van der Waals surface area contributed by atoms with Gasteiger partial charge in [-0.15, -0.1) is 0 Å². The van der Waals surface area contributed by atoms with Crippen LogP contribution in [-0.2, 0) is 38.3 Å². The highest BCUT2D eigenvalue weighted by atomic mass is 32.2. The van der Waals surface area contributed by atoms with Gasteiger partial charge in [0.25, 0.3) is 11.1 Å². The van der Waals surface area contributed by atoms with Crippen LogP contribution in [0.5, 0.6) is 0 Å². The average Bonchev–Trinajstić information content (AvgIpc) is 3.32. The number of alkyl halides is 6. The normalized spacial score (nSPS) is 16.0. The number of aromatic nitrogens is 2. The Labute approximate surface area is 226 Å². The van der Waals surface area contributed by atoms with Crippen molar-refractivity contribution in [2.24, 2.45) is 0 Å². The van der Waals surface area contributed by atoms with E-state index in [0.717, 1.165) is 13.0 Å². The number of amides is 2. The number of ketones is 1. The molecule has 40 heavy (non-hydrogen) atoms. The number of halogens is 6. The molecule has 3 aromatic rings. The van der Waals surface area contributed by atoms with E-state index < -0.39 is 74.0 Å². The Morgan fingerprint density at radius 1 is 1.02 bits per heavy atom. The lowest BCUT2D eigenvalue weighted by Gasteiger charge is -2.16. The molecule has 2 amide bonds. The third-order valence-corrected chi connectivity index (χ3v) is 8.05. The van der Waals surface area contributed by atoms with E-state index in [2.05, 4.69) is 5.10 Å². The minimum Gasteiger partial charge on any atom is -0.299 e. The van der Waals surface area contributed by atoms with Crippen molar-refractivity contribution in [2.45, 2.75) is 25.8 Å². The summed E-state index contributed by atoms with van der Waals surface area (Å²) in [5.41, 5.74) is -2.57. The van der Waals surface area contributed by atoms with Gasteiger partial charge in [0.05, 0.1) is 34.3 Å².